The van der Waals surface area contributed by atoms with Crippen molar-refractivity contribution >= 4 is 23.4 Å². The molecule has 0 radical (unpaired) electrons. The molecule has 0 aliphatic rings. The van der Waals surface area contributed by atoms with Crippen molar-refractivity contribution in [2.75, 3.05) is 23.3 Å². The van der Waals surface area contributed by atoms with Gasteiger partial charge in [-0.15, -0.1) is 0 Å². The summed E-state index contributed by atoms with van der Waals surface area (Å²) in [6.07, 6.45) is 3.17. The Bertz CT molecular complexity index is 954. The van der Waals surface area contributed by atoms with Gasteiger partial charge in [-0.05, 0) is 62.7 Å². The van der Waals surface area contributed by atoms with Crippen molar-refractivity contribution in [2.24, 2.45) is 0 Å². The summed E-state index contributed by atoms with van der Waals surface area (Å²) in [4.78, 5) is 14.6. The average Bonchev–Trinajstić information content (AvgIpc) is 3.19. The Morgan fingerprint density at radius 2 is 1.79 bits per heavy atom. The number of nitrogens with zero attached hydrogens (tertiary/aromatic N) is 1. The Balaban J connectivity index is 1.65. The van der Waals surface area contributed by atoms with Crippen molar-refractivity contribution in [1.82, 2.24) is 0 Å². The van der Waals surface area contributed by atoms with E-state index in [0.717, 1.165) is 35.7 Å². The van der Waals surface area contributed by atoms with Crippen LogP contribution in [0.15, 0.2) is 71.2 Å². The van der Waals surface area contributed by atoms with E-state index in [4.69, 9.17) is 4.42 Å². The number of furan rings is 1. The number of carbonyl (C=O) groups is 1. The van der Waals surface area contributed by atoms with E-state index < -0.39 is 0 Å². The predicted molar refractivity (Wildman–Crippen MR) is 117 cm³/mol. The number of amides is 1. The van der Waals surface area contributed by atoms with E-state index in [-0.39, 0.29) is 5.91 Å². The molecule has 0 spiro atoms. The van der Waals surface area contributed by atoms with Crippen molar-refractivity contribution in [3.63, 3.8) is 0 Å². The molecule has 0 fully saturated rings. The van der Waals surface area contributed by atoms with E-state index >= 15 is 0 Å². The molecule has 4 heteroatoms. The van der Waals surface area contributed by atoms with Crippen LogP contribution in [-0.2, 0) is 4.79 Å². The highest BCUT2D eigenvalue weighted by atomic mass is 16.3. The molecule has 2 aromatic carbocycles. The Morgan fingerprint density at radius 3 is 2.46 bits per heavy atom. The first-order chi connectivity index (χ1) is 13.6. The van der Waals surface area contributed by atoms with Gasteiger partial charge >= 0.3 is 0 Å². The van der Waals surface area contributed by atoms with Gasteiger partial charge in [0, 0.05) is 36.1 Å². The molecule has 1 amide bonds. The molecule has 3 aromatic rings. The smallest absolute Gasteiger partial charge is 0.248 e. The van der Waals surface area contributed by atoms with E-state index in [9.17, 15) is 4.79 Å². The maximum atomic E-state index is 12.3. The molecule has 0 aliphatic heterocycles. The Morgan fingerprint density at radius 1 is 1.04 bits per heavy atom. The summed E-state index contributed by atoms with van der Waals surface area (Å²) >= 11 is 0. The second-order valence-electron chi connectivity index (χ2n) is 6.56. The monoisotopic (exact) mass is 374 g/mol. The summed E-state index contributed by atoms with van der Waals surface area (Å²) in [5, 5.41) is 2.94. The van der Waals surface area contributed by atoms with Gasteiger partial charge in [-0.1, -0.05) is 30.3 Å². The zero-order chi connectivity index (χ0) is 19.9. The molecule has 0 atom stereocenters. The van der Waals surface area contributed by atoms with E-state index in [0.29, 0.717) is 5.76 Å². The fourth-order valence-corrected chi connectivity index (χ4v) is 3.11. The van der Waals surface area contributed by atoms with Crippen molar-refractivity contribution in [3.05, 3.63) is 78.1 Å². The van der Waals surface area contributed by atoms with Gasteiger partial charge in [-0.25, -0.2) is 0 Å². The van der Waals surface area contributed by atoms with Gasteiger partial charge < -0.3 is 14.6 Å². The van der Waals surface area contributed by atoms with Crippen LogP contribution in [0.5, 0.6) is 0 Å². The minimum absolute atomic E-state index is 0.184. The molecule has 144 valence electrons. The van der Waals surface area contributed by atoms with Crippen molar-refractivity contribution in [3.8, 4) is 11.3 Å². The maximum Gasteiger partial charge on any atom is 0.248 e. The van der Waals surface area contributed by atoms with Gasteiger partial charge in [-0.3, -0.25) is 4.79 Å². The molecule has 1 heterocycles. The van der Waals surface area contributed by atoms with Crippen LogP contribution in [0.1, 0.15) is 25.2 Å². The summed E-state index contributed by atoms with van der Waals surface area (Å²) in [5.41, 5.74) is 4.03. The third-order valence-electron chi connectivity index (χ3n) is 4.68. The summed E-state index contributed by atoms with van der Waals surface area (Å²) < 4.78 is 5.79. The predicted octanol–water partition coefficient (Wildman–Crippen LogP) is 5.75. The molecule has 1 N–H and O–H groups in total. The molecule has 3 rings (SSSR count). The largest absolute Gasteiger partial charge is 0.457 e. The molecule has 0 bridgehead atoms. The van der Waals surface area contributed by atoms with Crippen molar-refractivity contribution in [2.45, 2.75) is 20.8 Å². The fraction of sp³-hybridized carbons (Fsp3) is 0.208. The highest BCUT2D eigenvalue weighted by Crippen LogP contribution is 2.24. The van der Waals surface area contributed by atoms with Crippen LogP contribution in [0.4, 0.5) is 11.4 Å². The van der Waals surface area contributed by atoms with E-state index in [1.807, 2.05) is 61.5 Å². The van der Waals surface area contributed by atoms with Crippen molar-refractivity contribution < 1.29 is 9.21 Å². The Hall–Kier alpha value is -3.27. The average molecular weight is 374 g/mol. The minimum Gasteiger partial charge on any atom is -0.457 e. The summed E-state index contributed by atoms with van der Waals surface area (Å²) in [7, 11) is 0. The van der Waals surface area contributed by atoms with E-state index in [1.165, 1.54) is 11.8 Å². The molecule has 0 unspecified atom stereocenters. The zero-order valence-corrected chi connectivity index (χ0v) is 16.6. The number of benzene rings is 2. The summed E-state index contributed by atoms with van der Waals surface area (Å²) in [5.74, 6) is 1.24. The number of rotatable bonds is 7. The quantitative estimate of drug-likeness (QED) is 0.535. The van der Waals surface area contributed by atoms with Crippen LogP contribution in [0.2, 0.25) is 0 Å². The molecule has 0 saturated heterocycles. The first kappa shape index (κ1) is 19.5. The van der Waals surface area contributed by atoms with E-state index in [1.54, 1.807) is 6.08 Å². The maximum absolute atomic E-state index is 12.3. The number of nitrogens with one attached hydrogen (secondary N) is 1. The summed E-state index contributed by atoms with van der Waals surface area (Å²) in [6.45, 7) is 8.19. The molecular weight excluding hydrogens is 348 g/mol. The lowest BCUT2D eigenvalue weighted by molar-refractivity contribution is -0.111. The lowest BCUT2D eigenvalue weighted by Crippen LogP contribution is -2.22. The molecular formula is C24H26N2O2. The SMILES string of the molecule is CCN(CC)c1ccc(NC(=O)/C=C/c2ccc(-c3ccccc3)o2)c(C)c1. The second-order valence-corrected chi connectivity index (χ2v) is 6.56. The van der Waals surface area contributed by atoms with Gasteiger partial charge in [0.15, 0.2) is 0 Å². The topological polar surface area (TPSA) is 45.5 Å². The standard InChI is InChI=1S/C24H26N2O2/c1-4-26(5-2)20-11-14-22(18(3)17-20)25-24(27)16-13-21-12-15-23(28-21)19-9-7-6-8-10-19/h6-17H,4-5H2,1-3H3,(H,25,27)/b16-13+. The molecule has 1 aromatic heterocycles. The first-order valence-electron chi connectivity index (χ1n) is 9.60. The lowest BCUT2D eigenvalue weighted by Gasteiger charge is -2.22. The zero-order valence-electron chi connectivity index (χ0n) is 16.6. The fourth-order valence-electron chi connectivity index (χ4n) is 3.11. The number of hydrogen-bond donors (Lipinski definition) is 1. The van der Waals surface area contributed by atoms with Gasteiger partial charge in [0.25, 0.3) is 0 Å². The first-order valence-corrected chi connectivity index (χ1v) is 9.60. The van der Waals surface area contributed by atoms with E-state index in [2.05, 4.69) is 30.1 Å². The van der Waals surface area contributed by atoms with Crippen molar-refractivity contribution in [1.29, 1.82) is 0 Å². The lowest BCUT2D eigenvalue weighted by atomic mass is 10.1. The van der Waals surface area contributed by atoms with Crippen LogP contribution in [-0.4, -0.2) is 19.0 Å². The Labute approximate surface area is 166 Å². The molecule has 0 aliphatic carbocycles. The van der Waals surface area contributed by atoms with Gasteiger partial charge in [0.05, 0.1) is 0 Å². The molecule has 4 nitrogen and oxygen atoms in total. The number of hydrogen-bond acceptors (Lipinski definition) is 3. The van der Waals surface area contributed by atoms with Gasteiger partial charge in [-0.2, -0.15) is 0 Å². The van der Waals surface area contributed by atoms with Crippen LogP contribution < -0.4 is 10.2 Å². The van der Waals surface area contributed by atoms with Crippen LogP contribution >= 0.6 is 0 Å². The van der Waals surface area contributed by atoms with Gasteiger partial charge in [0.1, 0.15) is 11.5 Å². The molecule has 28 heavy (non-hydrogen) atoms. The third-order valence-corrected chi connectivity index (χ3v) is 4.68. The van der Waals surface area contributed by atoms with Crippen LogP contribution in [0.3, 0.4) is 0 Å². The highest BCUT2D eigenvalue weighted by molar-refractivity contribution is 6.02. The Kier molecular flexibility index (Phi) is 6.33. The number of carbonyl (C=O) groups excluding carboxylic acids is 1. The minimum atomic E-state index is -0.184. The number of aryl methyl sites for hydroxylation is 1. The van der Waals surface area contributed by atoms with Crippen LogP contribution in [0.25, 0.3) is 17.4 Å². The normalized spacial score (nSPS) is 11.0. The third kappa shape index (κ3) is 4.71. The number of anilines is 2. The second kappa shape index (κ2) is 9.09. The summed E-state index contributed by atoms with van der Waals surface area (Å²) in [6, 6.07) is 19.7. The van der Waals surface area contributed by atoms with Crippen LogP contribution in [0, 0.1) is 6.92 Å². The highest BCUT2D eigenvalue weighted by Gasteiger charge is 2.07. The molecule has 0 saturated carbocycles. The van der Waals surface area contributed by atoms with Gasteiger partial charge in [0.2, 0.25) is 5.91 Å².